The van der Waals surface area contributed by atoms with Gasteiger partial charge in [-0.3, -0.25) is 4.79 Å². The third kappa shape index (κ3) is 2.36. The average Bonchev–Trinajstić information content (AvgIpc) is 2.82. The number of H-pyrrole nitrogens is 1. The molecule has 2 aromatic carbocycles. The van der Waals surface area contributed by atoms with Crippen LogP contribution in [0.25, 0.3) is 10.9 Å². The second kappa shape index (κ2) is 5.37. The summed E-state index contributed by atoms with van der Waals surface area (Å²) < 4.78 is 6.22. The van der Waals surface area contributed by atoms with Gasteiger partial charge in [-0.15, -0.1) is 0 Å². The lowest BCUT2D eigenvalue weighted by atomic mass is 10.00. The summed E-state index contributed by atoms with van der Waals surface area (Å²) >= 11 is 3.39. The summed E-state index contributed by atoms with van der Waals surface area (Å²) in [5, 5.41) is 0.935. The fourth-order valence-corrected chi connectivity index (χ4v) is 2.90. The first-order chi connectivity index (χ1) is 10.1. The van der Waals surface area contributed by atoms with Crippen LogP contribution < -0.4 is 4.74 Å². The zero-order valence-corrected chi connectivity index (χ0v) is 13.3. The van der Waals surface area contributed by atoms with Gasteiger partial charge in [-0.2, -0.15) is 0 Å². The molecule has 1 aromatic heterocycles. The number of methoxy groups -OCH3 is 1. The molecule has 0 fully saturated rings. The standard InChI is InChI=1S/C17H14BrNO2/c1-10-16(12-5-3-4-6-14(12)19-10)17(20)13-8-7-11(18)9-15(13)21-2/h3-9,19H,1-2H3. The second-order valence-electron chi connectivity index (χ2n) is 4.84. The lowest BCUT2D eigenvalue weighted by molar-refractivity contribution is 0.103. The Morgan fingerprint density at radius 2 is 1.95 bits per heavy atom. The Kier molecular flexibility index (Phi) is 3.55. The van der Waals surface area contributed by atoms with Crippen LogP contribution in [0.3, 0.4) is 0 Å². The smallest absolute Gasteiger partial charge is 0.199 e. The van der Waals surface area contributed by atoms with Crippen LogP contribution in [-0.4, -0.2) is 17.9 Å². The SMILES string of the molecule is COc1cc(Br)ccc1C(=O)c1c(C)[nH]c2ccccc12. The molecule has 0 amide bonds. The van der Waals surface area contributed by atoms with Crippen LogP contribution in [0.15, 0.2) is 46.9 Å². The van der Waals surface area contributed by atoms with Crippen molar-refractivity contribution in [3.05, 3.63) is 63.8 Å². The average molecular weight is 344 g/mol. The Morgan fingerprint density at radius 1 is 1.19 bits per heavy atom. The van der Waals surface area contributed by atoms with Crippen LogP contribution in [0.4, 0.5) is 0 Å². The molecule has 3 rings (SSSR count). The molecule has 0 aliphatic carbocycles. The van der Waals surface area contributed by atoms with E-state index in [0.717, 1.165) is 21.1 Å². The predicted molar refractivity (Wildman–Crippen MR) is 87.2 cm³/mol. The number of carbonyl (C=O) groups is 1. The second-order valence-corrected chi connectivity index (χ2v) is 5.76. The molecule has 0 unspecified atom stereocenters. The summed E-state index contributed by atoms with van der Waals surface area (Å²) in [7, 11) is 1.57. The van der Waals surface area contributed by atoms with Crippen LogP contribution in [0.2, 0.25) is 0 Å². The van der Waals surface area contributed by atoms with Gasteiger partial charge in [0.15, 0.2) is 5.78 Å². The molecule has 1 N–H and O–H groups in total. The van der Waals surface area contributed by atoms with E-state index in [1.807, 2.05) is 37.3 Å². The monoisotopic (exact) mass is 343 g/mol. The number of hydrogen-bond donors (Lipinski definition) is 1. The number of ketones is 1. The number of ether oxygens (including phenoxy) is 1. The van der Waals surface area contributed by atoms with Crippen molar-refractivity contribution in [2.24, 2.45) is 0 Å². The molecule has 0 bridgehead atoms. The predicted octanol–water partition coefficient (Wildman–Crippen LogP) is 4.48. The summed E-state index contributed by atoms with van der Waals surface area (Å²) in [5.74, 6) is 0.536. The number of aromatic amines is 1. The molecule has 21 heavy (non-hydrogen) atoms. The third-order valence-electron chi connectivity index (χ3n) is 3.53. The molecule has 3 aromatic rings. The number of nitrogens with one attached hydrogen (secondary N) is 1. The first kappa shape index (κ1) is 13.9. The van der Waals surface area contributed by atoms with E-state index in [9.17, 15) is 4.79 Å². The van der Waals surface area contributed by atoms with Gasteiger partial charge in [0.05, 0.1) is 18.2 Å². The molecule has 3 nitrogen and oxygen atoms in total. The maximum Gasteiger partial charge on any atom is 0.199 e. The summed E-state index contributed by atoms with van der Waals surface area (Å²) in [6, 6.07) is 13.2. The van der Waals surface area contributed by atoms with E-state index in [1.54, 1.807) is 19.2 Å². The minimum Gasteiger partial charge on any atom is -0.496 e. The Morgan fingerprint density at radius 3 is 2.71 bits per heavy atom. The molecule has 1 heterocycles. The highest BCUT2D eigenvalue weighted by atomic mass is 79.9. The number of fused-ring (bicyclic) bond motifs is 1. The highest BCUT2D eigenvalue weighted by Crippen LogP contribution is 2.30. The van der Waals surface area contributed by atoms with Crippen molar-refractivity contribution in [1.82, 2.24) is 4.98 Å². The van der Waals surface area contributed by atoms with Crippen LogP contribution in [0.5, 0.6) is 5.75 Å². The van der Waals surface area contributed by atoms with Gasteiger partial charge in [0.2, 0.25) is 0 Å². The van der Waals surface area contributed by atoms with Gasteiger partial charge < -0.3 is 9.72 Å². The van der Waals surface area contributed by atoms with Crippen molar-refractivity contribution in [3.8, 4) is 5.75 Å². The van der Waals surface area contributed by atoms with Gasteiger partial charge in [0.1, 0.15) is 5.75 Å². The number of rotatable bonds is 3. The van der Waals surface area contributed by atoms with E-state index in [2.05, 4.69) is 20.9 Å². The fourth-order valence-electron chi connectivity index (χ4n) is 2.56. The van der Waals surface area contributed by atoms with Crippen molar-refractivity contribution < 1.29 is 9.53 Å². The summed E-state index contributed by atoms with van der Waals surface area (Å²) in [5.41, 5.74) is 3.10. The van der Waals surface area contributed by atoms with Crippen molar-refractivity contribution in [1.29, 1.82) is 0 Å². The number of carbonyl (C=O) groups excluding carboxylic acids is 1. The number of para-hydroxylation sites is 1. The zero-order chi connectivity index (χ0) is 15.0. The molecule has 4 heteroatoms. The van der Waals surface area contributed by atoms with Gasteiger partial charge in [0, 0.05) is 21.1 Å². The lowest BCUT2D eigenvalue weighted by Crippen LogP contribution is -2.05. The van der Waals surface area contributed by atoms with Gasteiger partial charge in [-0.1, -0.05) is 34.1 Å². The number of hydrogen-bond acceptors (Lipinski definition) is 2. The largest absolute Gasteiger partial charge is 0.496 e. The van der Waals surface area contributed by atoms with Crippen molar-refractivity contribution in [2.75, 3.05) is 7.11 Å². The summed E-state index contributed by atoms with van der Waals surface area (Å²) in [6.07, 6.45) is 0. The number of halogens is 1. The van der Waals surface area contributed by atoms with Gasteiger partial charge in [0.25, 0.3) is 0 Å². The molecule has 0 atom stereocenters. The molecule has 0 radical (unpaired) electrons. The number of benzene rings is 2. The molecule has 0 saturated heterocycles. The number of aromatic nitrogens is 1. The quantitative estimate of drug-likeness (QED) is 0.712. The topological polar surface area (TPSA) is 42.1 Å². The molecule has 0 spiro atoms. The van der Waals surface area contributed by atoms with E-state index in [0.29, 0.717) is 16.9 Å². The highest BCUT2D eigenvalue weighted by Gasteiger charge is 2.20. The third-order valence-corrected chi connectivity index (χ3v) is 4.02. The van der Waals surface area contributed by atoms with E-state index >= 15 is 0 Å². The van der Waals surface area contributed by atoms with Gasteiger partial charge >= 0.3 is 0 Å². The lowest BCUT2D eigenvalue weighted by Gasteiger charge is -2.08. The minimum absolute atomic E-state index is 0.0331. The van der Waals surface area contributed by atoms with Crippen molar-refractivity contribution in [2.45, 2.75) is 6.92 Å². The molecular weight excluding hydrogens is 330 g/mol. The van der Waals surface area contributed by atoms with Crippen LogP contribution in [0, 0.1) is 6.92 Å². The fraction of sp³-hybridized carbons (Fsp3) is 0.118. The highest BCUT2D eigenvalue weighted by molar-refractivity contribution is 9.10. The normalized spacial score (nSPS) is 10.8. The maximum absolute atomic E-state index is 12.9. The van der Waals surface area contributed by atoms with Crippen LogP contribution >= 0.6 is 15.9 Å². The first-order valence-corrected chi connectivity index (χ1v) is 7.36. The van der Waals surface area contributed by atoms with Gasteiger partial charge in [-0.25, -0.2) is 0 Å². The first-order valence-electron chi connectivity index (χ1n) is 6.57. The van der Waals surface area contributed by atoms with E-state index in [4.69, 9.17) is 4.74 Å². The summed E-state index contributed by atoms with van der Waals surface area (Å²) in [4.78, 5) is 16.2. The Hall–Kier alpha value is -2.07. The van der Waals surface area contributed by atoms with E-state index in [-0.39, 0.29) is 5.78 Å². The molecule has 0 aliphatic rings. The molecule has 0 aliphatic heterocycles. The van der Waals surface area contributed by atoms with Crippen molar-refractivity contribution in [3.63, 3.8) is 0 Å². The van der Waals surface area contributed by atoms with Crippen LogP contribution in [0.1, 0.15) is 21.6 Å². The van der Waals surface area contributed by atoms with E-state index < -0.39 is 0 Å². The van der Waals surface area contributed by atoms with Crippen molar-refractivity contribution >= 4 is 32.6 Å². The van der Waals surface area contributed by atoms with E-state index in [1.165, 1.54) is 0 Å². The van der Waals surface area contributed by atoms with Gasteiger partial charge in [-0.05, 0) is 31.2 Å². The number of aryl methyl sites for hydroxylation is 1. The Balaban J connectivity index is 2.19. The molecule has 0 saturated carbocycles. The Bertz CT molecular complexity index is 836. The Labute approximate surface area is 131 Å². The maximum atomic E-state index is 12.9. The minimum atomic E-state index is -0.0331. The zero-order valence-electron chi connectivity index (χ0n) is 11.7. The molecular formula is C17H14BrNO2. The molecule has 106 valence electrons. The van der Waals surface area contributed by atoms with Crippen LogP contribution in [-0.2, 0) is 0 Å². The summed E-state index contributed by atoms with van der Waals surface area (Å²) in [6.45, 7) is 1.92.